The fourth-order valence-electron chi connectivity index (χ4n) is 2.40. The lowest BCUT2D eigenvalue weighted by atomic mass is 10.1. The van der Waals surface area contributed by atoms with E-state index in [0.29, 0.717) is 15.6 Å². The predicted octanol–water partition coefficient (Wildman–Crippen LogP) is 5.03. The SMILES string of the molecule is COc1ccc(/C(C)=N/NC(=O)c2sc3cc(C)ccc3c2Cl)cc1. The molecule has 0 saturated carbocycles. The Hall–Kier alpha value is -2.37. The lowest BCUT2D eigenvalue weighted by Crippen LogP contribution is -2.18. The average Bonchev–Trinajstić information content (AvgIpc) is 2.95. The zero-order chi connectivity index (χ0) is 18.0. The summed E-state index contributed by atoms with van der Waals surface area (Å²) in [4.78, 5) is 12.9. The number of fused-ring (bicyclic) bond motifs is 1. The minimum atomic E-state index is -0.309. The maximum Gasteiger partial charge on any atom is 0.283 e. The van der Waals surface area contributed by atoms with Crippen molar-refractivity contribution < 1.29 is 9.53 Å². The molecule has 0 unspecified atom stereocenters. The van der Waals surface area contributed by atoms with Crippen LogP contribution in [0.5, 0.6) is 5.75 Å². The Kier molecular flexibility index (Phi) is 5.06. The van der Waals surface area contributed by atoms with Gasteiger partial charge in [-0.1, -0.05) is 23.7 Å². The summed E-state index contributed by atoms with van der Waals surface area (Å²) in [6.07, 6.45) is 0. The molecular weight excluding hydrogens is 356 g/mol. The van der Waals surface area contributed by atoms with E-state index in [9.17, 15) is 4.79 Å². The van der Waals surface area contributed by atoms with Gasteiger partial charge in [0.2, 0.25) is 0 Å². The van der Waals surface area contributed by atoms with Crippen molar-refractivity contribution in [2.45, 2.75) is 13.8 Å². The van der Waals surface area contributed by atoms with Crippen LogP contribution in [0, 0.1) is 6.92 Å². The Labute approximate surface area is 155 Å². The van der Waals surface area contributed by atoms with Gasteiger partial charge in [0, 0.05) is 10.1 Å². The monoisotopic (exact) mass is 372 g/mol. The number of aryl methyl sites for hydroxylation is 1. The fourth-order valence-corrected chi connectivity index (χ4v) is 3.91. The highest BCUT2D eigenvalue weighted by Gasteiger charge is 2.17. The number of thiophene rings is 1. The van der Waals surface area contributed by atoms with Gasteiger partial charge in [0.25, 0.3) is 5.91 Å². The van der Waals surface area contributed by atoms with Gasteiger partial charge >= 0.3 is 0 Å². The first-order chi connectivity index (χ1) is 12.0. The summed E-state index contributed by atoms with van der Waals surface area (Å²) < 4.78 is 6.12. The molecule has 0 aliphatic heterocycles. The topological polar surface area (TPSA) is 50.7 Å². The van der Waals surface area contributed by atoms with Gasteiger partial charge in [-0.05, 0) is 55.3 Å². The van der Waals surface area contributed by atoms with E-state index in [1.165, 1.54) is 11.3 Å². The van der Waals surface area contributed by atoms with E-state index in [0.717, 1.165) is 27.0 Å². The molecule has 1 N–H and O–H groups in total. The largest absolute Gasteiger partial charge is 0.497 e. The van der Waals surface area contributed by atoms with Crippen LogP contribution in [0.2, 0.25) is 5.02 Å². The zero-order valence-electron chi connectivity index (χ0n) is 14.1. The molecule has 128 valence electrons. The molecule has 6 heteroatoms. The second-order valence-electron chi connectivity index (χ2n) is 5.61. The molecular formula is C19H17ClN2O2S. The molecule has 3 rings (SSSR count). The minimum Gasteiger partial charge on any atom is -0.497 e. The van der Waals surface area contributed by atoms with Crippen LogP contribution in [-0.2, 0) is 0 Å². The Bertz CT molecular complexity index is 961. The first kappa shape index (κ1) is 17.5. The van der Waals surface area contributed by atoms with Gasteiger partial charge in [0.15, 0.2) is 0 Å². The first-order valence-electron chi connectivity index (χ1n) is 7.67. The van der Waals surface area contributed by atoms with Crippen molar-refractivity contribution in [1.29, 1.82) is 0 Å². The molecule has 1 heterocycles. The molecule has 0 aliphatic carbocycles. The summed E-state index contributed by atoms with van der Waals surface area (Å²) in [7, 11) is 1.62. The molecule has 0 saturated heterocycles. The normalized spacial score (nSPS) is 11.6. The lowest BCUT2D eigenvalue weighted by Gasteiger charge is -2.04. The Morgan fingerprint density at radius 2 is 1.92 bits per heavy atom. The van der Waals surface area contributed by atoms with Crippen LogP contribution in [0.4, 0.5) is 0 Å². The van der Waals surface area contributed by atoms with Gasteiger partial charge in [0.05, 0.1) is 17.8 Å². The number of hydrogen-bond donors (Lipinski definition) is 1. The van der Waals surface area contributed by atoms with Crippen LogP contribution >= 0.6 is 22.9 Å². The van der Waals surface area contributed by atoms with Crippen molar-refractivity contribution in [3.63, 3.8) is 0 Å². The highest BCUT2D eigenvalue weighted by atomic mass is 35.5. The van der Waals surface area contributed by atoms with Crippen LogP contribution in [0.1, 0.15) is 27.7 Å². The fraction of sp³-hybridized carbons (Fsp3) is 0.158. The number of benzene rings is 2. The zero-order valence-corrected chi connectivity index (χ0v) is 15.7. The number of hydrazone groups is 1. The average molecular weight is 373 g/mol. The molecule has 0 fully saturated rings. The number of carbonyl (C=O) groups is 1. The summed E-state index contributed by atoms with van der Waals surface area (Å²) in [6.45, 7) is 3.84. The Morgan fingerprint density at radius 3 is 2.60 bits per heavy atom. The van der Waals surface area contributed by atoms with E-state index in [4.69, 9.17) is 16.3 Å². The van der Waals surface area contributed by atoms with Crippen molar-refractivity contribution in [1.82, 2.24) is 5.43 Å². The maximum atomic E-state index is 12.4. The number of nitrogens with zero attached hydrogens (tertiary/aromatic N) is 1. The van der Waals surface area contributed by atoms with Gasteiger partial charge in [-0.3, -0.25) is 4.79 Å². The second kappa shape index (κ2) is 7.25. The number of amides is 1. The molecule has 25 heavy (non-hydrogen) atoms. The number of rotatable bonds is 4. The third kappa shape index (κ3) is 3.67. The van der Waals surface area contributed by atoms with Crippen molar-refractivity contribution in [2.75, 3.05) is 7.11 Å². The third-order valence-electron chi connectivity index (χ3n) is 3.82. The Balaban J connectivity index is 1.80. The molecule has 2 aromatic carbocycles. The smallest absolute Gasteiger partial charge is 0.283 e. The molecule has 1 aromatic heterocycles. The quantitative estimate of drug-likeness (QED) is 0.516. The number of methoxy groups -OCH3 is 1. The van der Waals surface area contributed by atoms with E-state index in [-0.39, 0.29) is 5.91 Å². The molecule has 0 bridgehead atoms. The lowest BCUT2D eigenvalue weighted by molar-refractivity contribution is 0.0959. The second-order valence-corrected chi connectivity index (χ2v) is 7.04. The molecule has 4 nitrogen and oxygen atoms in total. The number of nitrogens with one attached hydrogen (secondary N) is 1. The summed E-state index contributed by atoms with van der Waals surface area (Å²) in [6, 6.07) is 13.4. The van der Waals surface area contributed by atoms with Crippen LogP contribution < -0.4 is 10.2 Å². The van der Waals surface area contributed by atoms with Crippen LogP contribution in [-0.4, -0.2) is 18.7 Å². The van der Waals surface area contributed by atoms with Crippen molar-refractivity contribution in [3.05, 3.63) is 63.5 Å². The molecule has 1 amide bonds. The van der Waals surface area contributed by atoms with Crippen LogP contribution in [0.25, 0.3) is 10.1 Å². The summed E-state index contributed by atoms with van der Waals surface area (Å²) in [5.74, 6) is 0.463. The van der Waals surface area contributed by atoms with Crippen molar-refractivity contribution >= 4 is 44.6 Å². The van der Waals surface area contributed by atoms with Gasteiger partial charge in [-0.25, -0.2) is 5.43 Å². The summed E-state index contributed by atoms with van der Waals surface area (Å²) in [5.41, 5.74) is 5.32. The van der Waals surface area contributed by atoms with E-state index >= 15 is 0 Å². The minimum absolute atomic E-state index is 0.309. The highest BCUT2D eigenvalue weighted by Crippen LogP contribution is 2.35. The van der Waals surface area contributed by atoms with Gasteiger partial charge < -0.3 is 4.74 Å². The number of halogens is 1. The van der Waals surface area contributed by atoms with Gasteiger partial charge in [-0.2, -0.15) is 5.10 Å². The van der Waals surface area contributed by atoms with E-state index in [1.807, 2.05) is 56.3 Å². The third-order valence-corrected chi connectivity index (χ3v) is 5.48. The van der Waals surface area contributed by atoms with Gasteiger partial charge in [0.1, 0.15) is 10.6 Å². The van der Waals surface area contributed by atoms with Crippen LogP contribution in [0.3, 0.4) is 0 Å². The molecule has 0 radical (unpaired) electrons. The predicted molar refractivity (Wildman–Crippen MR) is 104 cm³/mol. The highest BCUT2D eigenvalue weighted by molar-refractivity contribution is 7.21. The van der Waals surface area contributed by atoms with Crippen molar-refractivity contribution in [3.8, 4) is 5.75 Å². The summed E-state index contributed by atoms with van der Waals surface area (Å²) in [5, 5.41) is 5.53. The standard InChI is InChI=1S/C19H17ClN2O2S/c1-11-4-9-15-16(10-11)25-18(17(15)20)19(23)22-21-12(2)13-5-7-14(24-3)8-6-13/h4-10H,1-3H3,(H,22,23)/b21-12+. The van der Waals surface area contributed by atoms with E-state index in [1.54, 1.807) is 7.11 Å². The summed E-state index contributed by atoms with van der Waals surface area (Å²) >= 11 is 7.73. The maximum absolute atomic E-state index is 12.4. The molecule has 3 aromatic rings. The number of ether oxygens (including phenoxy) is 1. The van der Waals surface area contributed by atoms with Crippen molar-refractivity contribution in [2.24, 2.45) is 5.10 Å². The number of hydrogen-bond acceptors (Lipinski definition) is 4. The van der Waals surface area contributed by atoms with Crippen LogP contribution in [0.15, 0.2) is 47.6 Å². The molecule has 0 aliphatic rings. The van der Waals surface area contributed by atoms with E-state index < -0.39 is 0 Å². The molecule has 0 atom stereocenters. The Morgan fingerprint density at radius 1 is 1.20 bits per heavy atom. The first-order valence-corrected chi connectivity index (χ1v) is 8.86. The molecule has 0 spiro atoms. The van der Waals surface area contributed by atoms with E-state index in [2.05, 4.69) is 10.5 Å². The number of carbonyl (C=O) groups excluding carboxylic acids is 1. The van der Waals surface area contributed by atoms with Gasteiger partial charge in [-0.15, -0.1) is 11.3 Å².